The highest BCUT2D eigenvalue weighted by atomic mass is 19.1. The molecule has 1 aromatic rings. The molecule has 0 fully saturated rings. The molecule has 0 bridgehead atoms. The van der Waals surface area contributed by atoms with Crippen molar-refractivity contribution in [1.82, 2.24) is 4.90 Å². The van der Waals surface area contributed by atoms with Gasteiger partial charge in [-0.3, -0.25) is 4.90 Å². The van der Waals surface area contributed by atoms with E-state index in [9.17, 15) is 8.78 Å². The van der Waals surface area contributed by atoms with Gasteiger partial charge < -0.3 is 5.11 Å². The Balaban J connectivity index is 0.00000191. The van der Waals surface area contributed by atoms with Crippen molar-refractivity contribution in [3.8, 4) is 6.07 Å². The van der Waals surface area contributed by atoms with Gasteiger partial charge in [0, 0.05) is 38.2 Å². The summed E-state index contributed by atoms with van der Waals surface area (Å²) in [7, 11) is 1.00. The zero-order chi connectivity index (χ0) is 16.5. The number of halogens is 2. The number of nitriles is 1. The lowest BCUT2D eigenvalue weighted by Crippen LogP contribution is -2.43. The van der Waals surface area contributed by atoms with E-state index in [1.165, 1.54) is 12.1 Å². The molecule has 21 heavy (non-hydrogen) atoms. The van der Waals surface area contributed by atoms with Crippen molar-refractivity contribution < 1.29 is 13.9 Å². The van der Waals surface area contributed by atoms with Gasteiger partial charge in [-0.2, -0.15) is 5.26 Å². The van der Waals surface area contributed by atoms with Crippen LogP contribution in [-0.2, 0) is 6.42 Å². The SMILES string of the molecule is CC(C)(C)N(CCC#N)CCc1ccc(F)cc1F.CO. The molecule has 0 heterocycles. The summed E-state index contributed by atoms with van der Waals surface area (Å²) < 4.78 is 26.4. The van der Waals surface area contributed by atoms with Crippen LogP contribution in [0.15, 0.2) is 18.2 Å². The zero-order valence-corrected chi connectivity index (χ0v) is 13.2. The number of benzene rings is 1. The molecule has 118 valence electrons. The topological polar surface area (TPSA) is 47.3 Å². The second-order valence-electron chi connectivity index (χ2n) is 5.55. The quantitative estimate of drug-likeness (QED) is 0.908. The van der Waals surface area contributed by atoms with Gasteiger partial charge in [0.25, 0.3) is 0 Å². The molecule has 0 spiro atoms. The summed E-state index contributed by atoms with van der Waals surface area (Å²) in [4.78, 5) is 2.14. The Morgan fingerprint density at radius 2 is 1.81 bits per heavy atom. The van der Waals surface area contributed by atoms with Crippen molar-refractivity contribution >= 4 is 0 Å². The Morgan fingerprint density at radius 1 is 1.19 bits per heavy atom. The molecule has 3 nitrogen and oxygen atoms in total. The molecule has 1 N–H and O–H groups in total. The highest BCUT2D eigenvalue weighted by Crippen LogP contribution is 2.16. The summed E-state index contributed by atoms with van der Waals surface area (Å²) >= 11 is 0. The maximum atomic E-state index is 13.5. The van der Waals surface area contributed by atoms with Crippen LogP contribution in [0.4, 0.5) is 8.78 Å². The molecule has 1 aromatic carbocycles. The van der Waals surface area contributed by atoms with Crippen LogP contribution < -0.4 is 0 Å². The first-order chi connectivity index (χ1) is 9.84. The predicted molar refractivity (Wildman–Crippen MR) is 79.8 cm³/mol. The maximum Gasteiger partial charge on any atom is 0.129 e. The van der Waals surface area contributed by atoms with Crippen LogP contribution in [0.25, 0.3) is 0 Å². The van der Waals surface area contributed by atoms with Crippen molar-refractivity contribution in [2.45, 2.75) is 39.2 Å². The summed E-state index contributed by atoms with van der Waals surface area (Å²) in [5.41, 5.74) is 0.431. The normalized spacial score (nSPS) is 10.8. The maximum absolute atomic E-state index is 13.5. The molecule has 1 rings (SSSR count). The van der Waals surface area contributed by atoms with Crippen LogP contribution in [-0.4, -0.2) is 35.7 Å². The van der Waals surface area contributed by atoms with Gasteiger partial charge in [-0.25, -0.2) is 8.78 Å². The van der Waals surface area contributed by atoms with E-state index >= 15 is 0 Å². The van der Waals surface area contributed by atoms with Crippen LogP contribution in [0.5, 0.6) is 0 Å². The smallest absolute Gasteiger partial charge is 0.129 e. The van der Waals surface area contributed by atoms with Gasteiger partial charge in [0.1, 0.15) is 11.6 Å². The average Bonchev–Trinajstić information content (AvgIpc) is 2.41. The van der Waals surface area contributed by atoms with E-state index in [1.807, 2.05) is 0 Å². The van der Waals surface area contributed by atoms with Gasteiger partial charge in [-0.15, -0.1) is 0 Å². The van der Waals surface area contributed by atoms with Gasteiger partial charge in [0.05, 0.1) is 6.07 Å². The molecule has 0 radical (unpaired) electrons. The number of aliphatic hydroxyl groups excluding tert-OH is 1. The third-order valence-electron chi connectivity index (χ3n) is 3.11. The summed E-state index contributed by atoms with van der Waals surface area (Å²) in [6.45, 7) is 7.48. The van der Waals surface area contributed by atoms with E-state index in [4.69, 9.17) is 10.4 Å². The van der Waals surface area contributed by atoms with Crippen LogP contribution in [0.1, 0.15) is 32.8 Å². The molecule has 0 saturated heterocycles. The Morgan fingerprint density at radius 3 is 2.29 bits per heavy atom. The van der Waals surface area contributed by atoms with Gasteiger partial charge in [-0.05, 0) is 38.8 Å². The minimum atomic E-state index is -0.557. The standard InChI is InChI=1S/C15H20F2N2.CH4O/c1-15(2,3)19(9-4-8-18)10-7-12-5-6-13(16)11-14(12)17;1-2/h5-6,11H,4,7,9-10H2,1-3H3;2H,1H3. The summed E-state index contributed by atoms with van der Waals surface area (Å²) in [5.74, 6) is -1.06. The Labute approximate surface area is 125 Å². The van der Waals surface area contributed by atoms with Crippen molar-refractivity contribution in [1.29, 1.82) is 5.26 Å². The lowest BCUT2D eigenvalue weighted by Gasteiger charge is -2.35. The van der Waals surface area contributed by atoms with Gasteiger partial charge in [-0.1, -0.05) is 6.07 Å². The van der Waals surface area contributed by atoms with Gasteiger partial charge in [0.2, 0.25) is 0 Å². The van der Waals surface area contributed by atoms with Crippen LogP contribution >= 0.6 is 0 Å². The third kappa shape index (κ3) is 7.16. The lowest BCUT2D eigenvalue weighted by atomic mass is 10.0. The number of nitrogens with zero attached hydrogens (tertiary/aromatic N) is 2. The van der Waals surface area contributed by atoms with E-state index in [0.29, 0.717) is 31.5 Å². The molecule has 0 aliphatic heterocycles. The fraction of sp³-hybridized carbons (Fsp3) is 0.562. The number of hydrogen-bond donors (Lipinski definition) is 1. The molecule has 0 aliphatic carbocycles. The first kappa shape index (κ1) is 19.5. The number of hydrogen-bond acceptors (Lipinski definition) is 3. The van der Waals surface area contributed by atoms with Gasteiger partial charge >= 0.3 is 0 Å². The first-order valence-corrected chi connectivity index (χ1v) is 6.85. The fourth-order valence-electron chi connectivity index (χ4n) is 1.95. The molecule has 0 amide bonds. The highest BCUT2D eigenvalue weighted by Gasteiger charge is 2.20. The minimum absolute atomic E-state index is 0.0760. The number of rotatable bonds is 5. The Kier molecular flexibility index (Phi) is 8.75. The van der Waals surface area contributed by atoms with Gasteiger partial charge in [0.15, 0.2) is 0 Å². The summed E-state index contributed by atoms with van der Waals surface area (Å²) in [6, 6.07) is 5.79. The molecular weight excluding hydrogens is 274 g/mol. The van der Waals surface area contributed by atoms with Crippen molar-refractivity contribution in [2.75, 3.05) is 20.2 Å². The van der Waals surface area contributed by atoms with E-state index in [0.717, 1.165) is 13.2 Å². The summed E-state index contributed by atoms with van der Waals surface area (Å²) in [5, 5.41) is 15.7. The highest BCUT2D eigenvalue weighted by molar-refractivity contribution is 5.18. The van der Waals surface area contributed by atoms with Crippen molar-refractivity contribution in [2.24, 2.45) is 0 Å². The minimum Gasteiger partial charge on any atom is -0.400 e. The van der Waals surface area contributed by atoms with E-state index in [-0.39, 0.29) is 5.54 Å². The Hall–Kier alpha value is -1.51. The molecule has 0 aliphatic rings. The zero-order valence-electron chi connectivity index (χ0n) is 13.2. The van der Waals surface area contributed by atoms with E-state index < -0.39 is 11.6 Å². The second-order valence-corrected chi connectivity index (χ2v) is 5.55. The Bertz CT molecular complexity index is 464. The predicted octanol–water partition coefficient (Wildman–Crippen LogP) is 3.13. The second kappa shape index (κ2) is 9.43. The molecule has 0 saturated carbocycles. The van der Waals surface area contributed by atoms with Crippen LogP contribution in [0, 0.1) is 23.0 Å². The summed E-state index contributed by atoms with van der Waals surface area (Å²) in [6.07, 6.45) is 0.956. The monoisotopic (exact) mass is 298 g/mol. The van der Waals surface area contributed by atoms with Crippen molar-refractivity contribution in [3.63, 3.8) is 0 Å². The average molecular weight is 298 g/mol. The molecule has 0 unspecified atom stereocenters. The molecule has 5 heteroatoms. The third-order valence-corrected chi connectivity index (χ3v) is 3.11. The van der Waals surface area contributed by atoms with E-state index in [2.05, 4.69) is 31.7 Å². The molecule has 0 aromatic heterocycles. The lowest BCUT2D eigenvalue weighted by molar-refractivity contribution is 0.141. The van der Waals surface area contributed by atoms with Crippen molar-refractivity contribution in [3.05, 3.63) is 35.4 Å². The fourth-order valence-corrected chi connectivity index (χ4v) is 1.95. The van der Waals surface area contributed by atoms with E-state index in [1.54, 1.807) is 0 Å². The molecule has 0 atom stereocenters. The van der Waals surface area contributed by atoms with Crippen LogP contribution in [0.2, 0.25) is 0 Å². The first-order valence-electron chi connectivity index (χ1n) is 6.85. The largest absolute Gasteiger partial charge is 0.400 e. The molecular formula is C16H24F2N2O. The van der Waals surface area contributed by atoms with Crippen LogP contribution in [0.3, 0.4) is 0 Å². The number of aliphatic hydroxyl groups is 1.